The van der Waals surface area contributed by atoms with Crippen molar-refractivity contribution in [2.45, 2.75) is 0 Å². The molecule has 0 radical (unpaired) electrons. The second-order valence-corrected chi connectivity index (χ2v) is 4.36. The molecule has 6 heteroatoms. The molecule has 1 aliphatic carbocycles. The highest BCUT2D eigenvalue weighted by Gasteiger charge is 2.30. The summed E-state index contributed by atoms with van der Waals surface area (Å²) in [5.74, 6) is 0. The van der Waals surface area contributed by atoms with E-state index >= 15 is 0 Å². The third-order valence-corrected chi connectivity index (χ3v) is 3.27. The van der Waals surface area contributed by atoms with Crippen LogP contribution in [-0.2, 0) is 0 Å². The number of nitrogens with zero attached hydrogens (tertiary/aromatic N) is 6. The van der Waals surface area contributed by atoms with Crippen molar-refractivity contribution in [2.75, 3.05) is 0 Å². The Morgan fingerprint density at radius 1 is 0.773 bits per heavy atom. The molecule has 1 aromatic carbocycles. The van der Waals surface area contributed by atoms with Gasteiger partial charge in [-0.1, -0.05) is 24.3 Å². The molecule has 0 amide bonds. The molecule has 0 saturated heterocycles. The summed E-state index contributed by atoms with van der Waals surface area (Å²) in [7, 11) is 0. The van der Waals surface area contributed by atoms with Gasteiger partial charge in [0.15, 0.2) is 11.4 Å². The number of fused-ring (bicyclic) bond motifs is 3. The van der Waals surface area contributed by atoms with Crippen LogP contribution in [0.25, 0.3) is 16.8 Å². The van der Waals surface area contributed by atoms with Crippen molar-refractivity contribution in [3.63, 3.8) is 0 Å². The maximum absolute atomic E-state index is 9.17. The number of hydrogen-bond donors (Lipinski definition) is 0. The molecule has 2 aromatic rings. The quantitative estimate of drug-likeness (QED) is 0.581. The molecule has 22 heavy (non-hydrogen) atoms. The van der Waals surface area contributed by atoms with Gasteiger partial charge in [-0.05, 0) is 5.56 Å². The first kappa shape index (κ1) is 13.0. The summed E-state index contributed by atoms with van der Waals surface area (Å²) in [5, 5.41) is 36.5. The summed E-state index contributed by atoms with van der Waals surface area (Å²) < 4.78 is 0. The Balaban J connectivity index is 2.50. The molecule has 0 spiro atoms. The topological polar surface area (TPSA) is 121 Å². The average Bonchev–Trinajstić information content (AvgIpc) is 2.89. The summed E-state index contributed by atoms with van der Waals surface area (Å²) in [6, 6.07) is 14.4. The Morgan fingerprint density at radius 2 is 1.32 bits per heavy atom. The van der Waals surface area contributed by atoms with Gasteiger partial charge in [0.2, 0.25) is 0 Å². The lowest BCUT2D eigenvalue weighted by Crippen LogP contribution is -2.00. The van der Waals surface area contributed by atoms with E-state index in [4.69, 9.17) is 21.0 Å². The molecule has 3 rings (SSSR count). The Bertz CT molecular complexity index is 1000. The van der Waals surface area contributed by atoms with Gasteiger partial charge in [-0.15, -0.1) is 0 Å². The van der Waals surface area contributed by atoms with Crippen LogP contribution in [0.15, 0.2) is 29.8 Å². The Labute approximate surface area is 125 Å². The normalized spacial score (nSPS) is 10.5. The fraction of sp³-hybridized carbons (Fsp3) is 0. The number of rotatable bonds is 0. The molecule has 1 aromatic heterocycles. The summed E-state index contributed by atoms with van der Waals surface area (Å²) in [6.07, 6.45) is 0. The lowest BCUT2D eigenvalue weighted by Gasteiger charge is -2.02. The smallest absolute Gasteiger partial charge is 0.177 e. The van der Waals surface area contributed by atoms with Crippen molar-refractivity contribution in [1.29, 1.82) is 21.0 Å². The van der Waals surface area contributed by atoms with Crippen molar-refractivity contribution in [3.8, 4) is 35.5 Å². The third-order valence-electron chi connectivity index (χ3n) is 3.27. The van der Waals surface area contributed by atoms with Crippen LogP contribution in [0, 0.1) is 45.3 Å². The molecule has 0 N–H and O–H groups in total. The molecule has 0 aliphatic heterocycles. The van der Waals surface area contributed by atoms with Gasteiger partial charge in [0, 0.05) is 11.1 Å². The highest BCUT2D eigenvalue weighted by molar-refractivity contribution is 6.01. The van der Waals surface area contributed by atoms with E-state index in [-0.39, 0.29) is 22.7 Å². The number of nitriles is 4. The first-order chi connectivity index (χ1) is 10.7. The minimum Gasteiger partial charge on any atom is -0.232 e. The molecule has 0 bridgehead atoms. The van der Waals surface area contributed by atoms with Gasteiger partial charge in [0.05, 0.1) is 5.69 Å². The van der Waals surface area contributed by atoms with Gasteiger partial charge in [0.25, 0.3) is 0 Å². The molecule has 0 unspecified atom stereocenters. The van der Waals surface area contributed by atoms with Crippen molar-refractivity contribution in [2.24, 2.45) is 0 Å². The summed E-state index contributed by atoms with van der Waals surface area (Å²) in [6.45, 7) is 0. The molecule has 1 heterocycles. The molecular formula is C16H4N6. The van der Waals surface area contributed by atoms with Crippen LogP contribution in [0.3, 0.4) is 0 Å². The second-order valence-electron chi connectivity index (χ2n) is 4.36. The van der Waals surface area contributed by atoms with Crippen LogP contribution in [0.2, 0.25) is 0 Å². The molecule has 0 fully saturated rings. The zero-order chi connectivity index (χ0) is 15.7. The number of aromatic nitrogens is 2. The first-order valence-corrected chi connectivity index (χ1v) is 6.12. The van der Waals surface area contributed by atoms with E-state index in [9.17, 15) is 0 Å². The lowest BCUT2D eigenvalue weighted by atomic mass is 10.0. The van der Waals surface area contributed by atoms with E-state index in [1.54, 1.807) is 24.3 Å². The summed E-state index contributed by atoms with van der Waals surface area (Å²) in [4.78, 5) is 8.34. The van der Waals surface area contributed by atoms with Crippen molar-refractivity contribution >= 4 is 5.57 Å². The van der Waals surface area contributed by atoms with Crippen LogP contribution in [0.1, 0.15) is 22.6 Å². The summed E-state index contributed by atoms with van der Waals surface area (Å²) >= 11 is 0. The third kappa shape index (κ3) is 1.63. The predicted molar refractivity (Wildman–Crippen MR) is 74.1 cm³/mol. The lowest BCUT2D eigenvalue weighted by molar-refractivity contribution is 1.12. The van der Waals surface area contributed by atoms with E-state index in [1.165, 1.54) is 0 Å². The fourth-order valence-corrected chi connectivity index (χ4v) is 2.38. The van der Waals surface area contributed by atoms with Crippen LogP contribution < -0.4 is 0 Å². The van der Waals surface area contributed by atoms with Crippen molar-refractivity contribution in [1.82, 2.24) is 9.97 Å². The van der Waals surface area contributed by atoms with Gasteiger partial charge < -0.3 is 0 Å². The summed E-state index contributed by atoms with van der Waals surface area (Å²) in [5.41, 5.74) is 2.07. The predicted octanol–water partition coefficient (Wildman–Crippen LogP) is 2.05. The molecular weight excluding hydrogens is 276 g/mol. The maximum atomic E-state index is 9.17. The molecule has 1 aliphatic rings. The van der Waals surface area contributed by atoms with Gasteiger partial charge in [0.1, 0.15) is 35.5 Å². The first-order valence-electron chi connectivity index (χ1n) is 6.12. The van der Waals surface area contributed by atoms with Crippen LogP contribution in [-0.4, -0.2) is 9.97 Å². The monoisotopic (exact) mass is 280 g/mol. The number of benzene rings is 1. The zero-order valence-electron chi connectivity index (χ0n) is 11.0. The minimum atomic E-state index is -0.123. The van der Waals surface area contributed by atoms with Crippen molar-refractivity contribution in [3.05, 3.63) is 52.5 Å². The van der Waals surface area contributed by atoms with Gasteiger partial charge in [-0.3, -0.25) is 0 Å². The molecule has 0 atom stereocenters. The minimum absolute atomic E-state index is 0.0761. The largest absolute Gasteiger partial charge is 0.232 e. The van der Waals surface area contributed by atoms with Crippen LogP contribution >= 0.6 is 0 Å². The zero-order valence-corrected chi connectivity index (χ0v) is 11.0. The molecule has 0 saturated carbocycles. The van der Waals surface area contributed by atoms with Gasteiger partial charge in [-0.25, -0.2) is 9.97 Å². The Kier molecular flexibility index (Phi) is 2.86. The average molecular weight is 280 g/mol. The number of hydrogen-bond acceptors (Lipinski definition) is 6. The van der Waals surface area contributed by atoms with Crippen LogP contribution in [0.4, 0.5) is 0 Å². The molecule has 6 nitrogen and oxygen atoms in total. The Hall–Kier alpha value is -4.00. The molecule has 98 valence electrons. The van der Waals surface area contributed by atoms with E-state index in [0.717, 1.165) is 0 Å². The van der Waals surface area contributed by atoms with E-state index in [0.29, 0.717) is 22.4 Å². The number of allylic oxidation sites excluding steroid dienone is 1. The van der Waals surface area contributed by atoms with E-state index in [2.05, 4.69) is 9.97 Å². The van der Waals surface area contributed by atoms with Gasteiger partial charge >= 0.3 is 0 Å². The standard InChI is InChI=1S/C16H4N6/c17-5-9(6-18)14-10-3-1-2-4-11(10)15-16(14)22-13(8-20)12(7-19)21-15/h1-4H. The van der Waals surface area contributed by atoms with E-state index in [1.807, 2.05) is 24.3 Å². The second kappa shape index (κ2) is 4.84. The van der Waals surface area contributed by atoms with Crippen molar-refractivity contribution < 1.29 is 0 Å². The van der Waals surface area contributed by atoms with Gasteiger partial charge in [-0.2, -0.15) is 21.0 Å². The maximum Gasteiger partial charge on any atom is 0.177 e. The fourth-order valence-electron chi connectivity index (χ4n) is 2.38. The Morgan fingerprint density at radius 3 is 1.86 bits per heavy atom. The SMILES string of the molecule is N#CC(C#N)=C1c2ccccc2-c2nc(C#N)c(C#N)nc21. The highest BCUT2D eigenvalue weighted by atomic mass is 14.9. The van der Waals surface area contributed by atoms with E-state index < -0.39 is 0 Å². The van der Waals surface area contributed by atoms with Crippen LogP contribution in [0.5, 0.6) is 0 Å². The highest BCUT2D eigenvalue weighted by Crippen LogP contribution is 2.43.